The maximum absolute atomic E-state index is 11.2. The van der Waals surface area contributed by atoms with E-state index in [0.29, 0.717) is 5.69 Å². The first-order chi connectivity index (χ1) is 7.02. The molecule has 0 fully saturated rings. The molecule has 1 rings (SSSR count). The molecule has 0 aliphatic rings. The van der Waals surface area contributed by atoms with Crippen LogP contribution < -0.4 is 16.2 Å². The van der Waals surface area contributed by atoms with Gasteiger partial charge in [0.05, 0.1) is 5.69 Å². The second-order valence-electron chi connectivity index (χ2n) is 3.38. The lowest BCUT2D eigenvalue weighted by Gasteiger charge is -2.07. The van der Waals surface area contributed by atoms with Crippen LogP contribution in [0.3, 0.4) is 0 Å². The molecule has 0 aliphatic heterocycles. The Morgan fingerprint density at radius 1 is 1.53 bits per heavy atom. The summed E-state index contributed by atoms with van der Waals surface area (Å²) in [6.45, 7) is 3.84. The van der Waals surface area contributed by atoms with Gasteiger partial charge in [-0.15, -0.1) is 0 Å². The molecular weight excluding hydrogens is 196 g/mol. The molecule has 6 heteroatoms. The Hall–Kier alpha value is -1.85. The number of rotatable bonds is 2. The maximum atomic E-state index is 11.2. The standard InChI is InChI=1S/C9H14N4O2/c1-5(2)6-4-7(14)12-8(11-6)13-9(15)10-3/h4-5H,1-3H3,(H3,10,11,12,13,14,15). The second kappa shape index (κ2) is 4.59. The van der Waals surface area contributed by atoms with Crippen LogP contribution in [0.4, 0.5) is 10.7 Å². The predicted octanol–water partition coefficient (Wildman–Crippen LogP) is 0.645. The molecule has 1 aromatic heterocycles. The van der Waals surface area contributed by atoms with E-state index in [1.807, 2.05) is 13.8 Å². The first kappa shape index (κ1) is 11.2. The number of nitrogens with one attached hydrogen (secondary N) is 3. The second-order valence-corrected chi connectivity index (χ2v) is 3.38. The zero-order valence-electron chi connectivity index (χ0n) is 8.92. The maximum Gasteiger partial charge on any atom is 0.321 e. The summed E-state index contributed by atoms with van der Waals surface area (Å²) < 4.78 is 0. The molecule has 0 saturated heterocycles. The van der Waals surface area contributed by atoms with Crippen molar-refractivity contribution in [2.75, 3.05) is 12.4 Å². The topological polar surface area (TPSA) is 86.9 Å². The van der Waals surface area contributed by atoms with Crippen LogP contribution in [0.5, 0.6) is 0 Å². The van der Waals surface area contributed by atoms with E-state index >= 15 is 0 Å². The van der Waals surface area contributed by atoms with Crippen molar-refractivity contribution in [1.29, 1.82) is 0 Å². The van der Waals surface area contributed by atoms with E-state index in [0.717, 1.165) is 0 Å². The van der Waals surface area contributed by atoms with Crippen LogP contribution in [0.2, 0.25) is 0 Å². The quantitative estimate of drug-likeness (QED) is 0.669. The Kier molecular flexibility index (Phi) is 3.43. The Morgan fingerprint density at radius 3 is 2.73 bits per heavy atom. The van der Waals surface area contributed by atoms with Gasteiger partial charge in [0.25, 0.3) is 5.56 Å². The van der Waals surface area contributed by atoms with Crippen molar-refractivity contribution >= 4 is 12.0 Å². The fourth-order valence-corrected chi connectivity index (χ4v) is 1.00. The van der Waals surface area contributed by atoms with Crippen molar-refractivity contribution in [2.24, 2.45) is 0 Å². The minimum atomic E-state index is -0.418. The summed E-state index contributed by atoms with van der Waals surface area (Å²) >= 11 is 0. The first-order valence-electron chi connectivity index (χ1n) is 4.63. The molecule has 15 heavy (non-hydrogen) atoms. The molecule has 0 atom stereocenters. The summed E-state index contributed by atoms with van der Waals surface area (Å²) in [6.07, 6.45) is 0. The molecule has 82 valence electrons. The van der Waals surface area contributed by atoms with Crippen LogP contribution in [0, 0.1) is 0 Å². The average molecular weight is 210 g/mol. The van der Waals surface area contributed by atoms with Crippen molar-refractivity contribution in [3.63, 3.8) is 0 Å². The third-order valence-corrected chi connectivity index (χ3v) is 1.81. The summed E-state index contributed by atoms with van der Waals surface area (Å²) in [7, 11) is 1.49. The SMILES string of the molecule is CNC(=O)Nc1nc(C(C)C)cc(=O)[nH]1. The van der Waals surface area contributed by atoms with Gasteiger partial charge in [-0.25, -0.2) is 9.78 Å². The smallest absolute Gasteiger partial charge is 0.321 e. The minimum absolute atomic E-state index is 0.137. The van der Waals surface area contributed by atoms with Crippen LogP contribution in [0.1, 0.15) is 25.5 Å². The predicted molar refractivity (Wildman–Crippen MR) is 57.0 cm³/mol. The molecule has 2 amide bonds. The minimum Gasteiger partial charge on any atom is -0.341 e. The average Bonchev–Trinajstić information content (AvgIpc) is 2.16. The number of urea groups is 1. The summed E-state index contributed by atoms with van der Waals surface area (Å²) in [5.41, 5.74) is 0.366. The van der Waals surface area contributed by atoms with Crippen LogP contribution in [-0.2, 0) is 0 Å². The van der Waals surface area contributed by atoms with Gasteiger partial charge < -0.3 is 5.32 Å². The van der Waals surface area contributed by atoms with Crippen LogP contribution in [-0.4, -0.2) is 23.0 Å². The van der Waals surface area contributed by atoms with Gasteiger partial charge >= 0.3 is 6.03 Å². The van der Waals surface area contributed by atoms with Gasteiger partial charge in [0.2, 0.25) is 5.95 Å². The molecule has 6 nitrogen and oxygen atoms in total. The Bertz CT molecular complexity index is 411. The molecular formula is C9H14N4O2. The normalized spacial score (nSPS) is 10.1. The Labute approximate surface area is 87.1 Å². The molecule has 1 heterocycles. The highest BCUT2D eigenvalue weighted by atomic mass is 16.2. The third kappa shape index (κ3) is 3.08. The van der Waals surface area contributed by atoms with Crippen molar-refractivity contribution in [1.82, 2.24) is 15.3 Å². The molecule has 0 radical (unpaired) electrons. The van der Waals surface area contributed by atoms with Crippen molar-refractivity contribution < 1.29 is 4.79 Å². The fraction of sp³-hybridized carbons (Fsp3) is 0.444. The largest absolute Gasteiger partial charge is 0.341 e. The highest BCUT2D eigenvalue weighted by Gasteiger charge is 2.06. The molecule has 0 spiro atoms. The molecule has 0 aromatic carbocycles. The number of anilines is 1. The molecule has 0 saturated carbocycles. The van der Waals surface area contributed by atoms with E-state index in [1.165, 1.54) is 13.1 Å². The van der Waals surface area contributed by atoms with Crippen molar-refractivity contribution in [3.05, 3.63) is 22.1 Å². The zero-order valence-corrected chi connectivity index (χ0v) is 8.92. The van der Waals surface area contributed by atoms with Gasteiger partial charge in [-0.05, 0) is 5.92 Å². The first-order valence-corrected chi connectivity index (χ1v) is 4.63. The lowest BCUT2D eigenvalue weighted by atomic mass is 10.1. The van der Waals surface area contributed by atoms with E-state index in [1.54, 1.807) is 0 Å². The van der Waals surface area contributed by atoms with Gasteiger partial charge in [-0.2, -0.15) is 0 Å². The number of amides is 2. The van der Waals surface area contributed by atoms with E-state index < -0.39 is 6.03 Å². The van der Waals surface area contributed by atoms with E-state index in [2.05, 4.69) is 20.6 Å². The Morgan fingerprint density at radius 2 is 2.20 bits per heavy atom. The van der Waals surface area contributed by atoms with E-state index in [4.69, 9.17) is 0 Å². The van der Waals surface area contributed by atoms with E-state index in [9.17, 15) is 9.59 Å². The summed E-state index contributed by atoms with van der Waals surface area (Å²) in [5, 5.41) is 4.78. The molecule has 1 aromatic rings. The molecule has 0 aliphatic carbocycles. The third-order valence-electron chi connectivity index (χ3n) is 1.81. The van der Waals surface area contributed by atoms with Crippen LogP contribution in [0.25, 0.3) is 0 Å². The van der Waals surface area contributed by atoms with Crippen molar-refractivity contribution in [2.45, 2.75) is 19.8 Å². The lowest BCUT2D eigenvalue weighted by molar-refractivity contribution is 0.254. The number of nitrogens with zero attached hydrogens (tertiary/aromatic N) is 1. The van der Waals surface area contributed by atoms with Gasteiger partial charge in [-0.1, -0.05) is 13.8 Å². The monoisotopic (exact) mass is 210 g/mol. The number of carbonyl (C=O) groups excluding carboxylic acids is 1. The Balaban J connectivity index is 2.99. The summed E-state index contributed by atoms with van der Waals surface area (Å²) in [5.74, 6) is 0.295. The molecule has 0 bridgehead atoms. The van der Waals surface area contributed by atoms with Gasteiger partial charge in [0, 0.05) is 13.1 Å². The number of aromatic amines is 1. The molecule has 0 unspecified atom stereocenters. The number of hydrogen-bond acceptors (Lipinski definition) is 3. The molecule has 3 N–H and O–H groups in total. The number of H-pyrrole nitrogens is 1. The lowest BCUT2D eigenvalue weighted by Crippen LogP contribution is -2.27. The fourth-order valence-electron chi connectivity index (χ4n) is 1.00. The van der Waals surface area contributed by atoms with Crippen LogP contribution in [0.15, 0.2) is 10.9 Å². The van der Waals surface area contributed by atoms with Gasteiger partial charge in [0.1, 0.15) is 0 Å². The highest BCUT2D eigenvalue weighted by Crippen LogP contribution is 2.09. The number of hydrogen-bond donors (Lipinski definition) is 3. The summed E-state index contributed by atoms with van der Waals surface area (Å²) in [4.78, 5) is 28.7. The number of aromatic nitrogens is 2. The van der Waals surface area contributed by atoms with Crippen LogP contribution >= 0.6 is 0 Å². The van der Waals surface area contributed by atoms with E-state index in [-0.39, 0.29) is 17.4 Å². The zero-order chi connectivity index (χ0) is 11.4. The summed E-state index contributed by atoms with van der Waals surface area (Å²) in [6, 6.07) is 0.999. The van der Waals surface area contributed by atoms with Gasteiger partial charge in [0.15, 0.2) is 0 Å². The van der Waals surface area contributed by atoms with Crippen molar-refractivity contribution in [3.8, 4) is 0 Å². The van der Waals surface area contributed by atoms with Gasteiger partial charge in [-0.3, -0.25) is 15.1 Å². The number of carbonyl (C=O) groups is 1. The highest BCUT2D eigenvalue weighted by molar-refractivity contribution is 5.86.